The maximum Gasteiger partial charge on any atom is 0.308 e. The van der Waals surface area contributed by atoms with Crippen molar-refractivity contribution < 1.29 is 9.90 Å². The van der Waals surface area contributed by atoms with Gasteiger partial charge in [0, 0.05) is 18.0 Å². The molecule has 2 aromatic rings. The summed E-state index contributed by atoms with van der Waals surface area (Å²) in [4.78, 5) is 14.2. The maximum absolute atomic E-state index is 11.9. The zero-order valence-corrected chi connectivity index (χ0v) is 12.8. The van der Waals surface area contributed by atoms with Crippen molar-refractivity contribution in [3.05, 3.63) is 48.0 Å². The number of carbonyl (C=O) groups is 1. The zero-order chi connectivity index (χ0) is 15.3. The van der Waals surface area contributed by atoms with E-state index in [1.165, 1.54) is 16.3 Å². The second kappa shape index (κ2) is 5.10. The molecule has 2 aliphatic rings. The largest absolute Gasteiger partial charge is 0.481 e. The minimum Gasteiger partial charge on any atom is -0.481 e. The number of piperidine rings is 1. The molecule has 0 saturated carbocycles. The lowest BCUT2D eigenvalue weighted by Gasteiger charge is -2.41. The SMILES string of the molecule is CN1[C@H]2CC[C@@H]1[C@@H](C(=O)O)[C@@H](c1ccc3ccccc3c1)C2. The second-order valence-electron chi connectivity index (χ2n) is 6.78. The van der Waals surface area contributed by atoms with Crippen LogP contribution in [-0.2, 0) is 4.79 Å². The molecule has 3 nitrogen and oxygen atoms in total. The Morgan fingerprint density at radius 1 is 1.14 bits per heavy atom. The van der Waals surface area contributed by atoms with Crippen LogP contribution in [0, 0.1) is 5.92 Å². The highest BCUT2D eigenvalue weighted by Gasteiger charge is 2.49. The molecule has 22 heavy (non-hydrogen) atoms. The van der Waals surface area contributed by atoms with Gasteiger partial charge in [-0.15, -0.1) is 0 Å². The Bertz CT molecular complexity index is 726. The number of carboxylic acids is 1. The third-order valence-electron chi connectivity index (χ3n) is 5.76. The molecular formula is C19H21NO2. The summed E-state index contributed by atoms with van der Waals surface area (Å²) >= 11 is 0. The number of benzene rings is 2. The van der Waals surface area contributed by atoms with Crippen LogP contribution < -0.4 is 0 Å². The first-order valence-electron chi connectivity index (χ1n) is 8.08. The quantitative estimate of drug-likeness (QED) is 0.922. The smallest absolute Gasteiger partial charge is 0.308 e. The van der Waals surface area contributed by atoms with Gasteiger partial charge in [0.25, 0.3) is 0 Å². The van der Waals surface area contributed by atoms with Gasteiger partial charge in [-0.1, -0.05) is 42.5 Å². The highest BCUT2D eigenvalue weighted by Crippen LogP contribution is 2.46. The lowest BCUT2D eigenvalue weighted by molar-refractivity contribution is -0.146. The van der Waals surface area contributed by atoms with Crippen LogP contribution in [0.25, 0.3) is 10.8 Å². The van der Waals surface area contributed by atoms with Gasteiger partial charge in [-0.2, -0.15) is 0 Å². The number of carboxylic acid groups (broad SMARTS) is 1. The lowest BCUT2D eigenvalue weighted by atomic mass is 9.76. The van der Waals surface area contributed by atoms with Gasteiger partial charge in [0.2, 0.25) is 0 Å². The molecule has 2 bridgehead atoms. The van der Waals surface area contributed by atoms with E-state index in [9.17, 15) is 9.90 Å². The van der Waals surface area contributed by atoms with Crippen LogP contribution in [0.1, 0.15) is 30.7 Å². The number of hydrogen-bond acceptors (Lipinski definition) is 2. The van der Waals surface area contributed by atoms with E-state index < -0.39 is 5.97 Å². The van der Waals surface area contributed by atoms with E-state index in [0.717, 1.165) is 19.3 Å². The molecule has 0 aliphatic carbocycles. The average Bonchev–Trinajstić information content (AvgIpc) is 2.76. The summed E-state index contributed by atoms with van der Waals surface area (Å²) in [5.41, 5.74) is 1.19. The van der Waals surface area contributed by atoms with Crippen molar-refractivity contribution in [2.75, 3.05) is 7.05 Å². The molecule has 3 heteroatoms. The molecule has 0 unspecified atom stereocenters. The van der Waals surface area contributed by atoms with E-state index in [1.807, 2.05) is 12.1 Å². The first-order chi connectivity index (χ1) is 10.6. The molecule has 0 radical (unpaired) electrons. The Kier molecular flexibility index (Phi) is 3.19. The number of rotatable bonds is 2. The van der Waals surface area contributed by atoms with Crippen LogP contribution in [0.15, 0.2) is 42.5 Å². The van der Waals surface area contributed by atoms with E-state index in [0.29, 0.717) is 6.04 Å². The molecule has 4 atom stereocenters. The topological polar surface area (TPSA) is 40.5 Å². The predicted octanol–water partition coefficient (Wildman–Crippen LogP) is 3.49. The third kappa shape index (κ3) is 2.03. The fourth-order valence-corrected chi connectivity index (χ4v) is 4.58. The Morgan fingerprint density at radius 2 is 1.91 bits per heavy atom. The fraction of sp³-hybridized carbons (Fsp3) is 0.421. The second-order valence-corrected chi connectivity index (χ2v) is 6.78. The number of fused-ring (bicyclic) bond motifs is 3. The standard InChI is InChI=1S/C19H21NO2/c1-20-15-8-9-17(20)18(19(21)22)16(11-15)14-7-6-12-4-2-3-5-13(12)10-14/h2-7,10,15-18H,8-9,11H2,1H3,(H,21,22)/t15-,16+,17+,18-/m0/s1. The van der Waals surface area contributed by atoms with Crippen LogP contribution >= 0.6 is 0 Å². The summed E-state index contributed by atoms with van der Waals surface area (Å²) in [5, 5.41) is 12.2. The normalized spacial score (nSPS) is 31.5. The van der Waals surface area contributed by atoms with Crippen molar-refractivity contribution in [1.29, 1.82) is 0 Å². The molecule has 2 aliphatic heterocycles. The van der Waals surface area contributed by atoms with E-state index in [1.54, 1.807) is 0 Å². The van der Waals surface area contributed by atoms with Crippen LogP contribution in [0.5, 0.6) is 0 Å². The Morgan fingerprint density at radius 3 is 2.68 bits per heavy atom. The van der Waals surface area contributed by atoms with Gasteiger partial charge in [-0.3, -0.25) is 9.69 Å². The Labute approximate surface area is 130 Å². The van der Waals surface area contributed by atoms with E-state index in [4.69, 9.17) is 0 Å². The molecule has 2 fully saturated rings. The molecule has 4 rings (SSSR count). The van der Waals surface area contributed by atoms with Gasteiger partial charge in [-0.05, 0) is 42.6 Å². The van der Waals surface area contributed by atoms with Crippen LogP contribution in [0.2, 0.25) is 0 Å². The first-order valence-corrected chi connectivity index (χ1v) is 8.08. The van der Waals surface area contributed by atoms with Crippen molar-refractivity contribution in [1.82, 2.24) is 4.90 Å². The van der Waals surface area contributed by atoms with Gasteiger partial charge in [0.05, 0.1) is 5.92 Å². The molecule has 2 saturated heterocycles. The summed E-state index contributed by atoms with van der Waals surface area (Å²) in [6, 6.07) is 15.5. The average molecular weight is 295 g/mol. The summed E-state index contributed by atoms with van der Waals surface area (Å²) in [7, 11) is 2.09. The van der Waals surface area contributed by atoms with E-state index >= 15 is 0 Å². The predicted molar refractivity (Wildman–Crippen MR) is 87.0 cm³/mol. The molecule has 0 aromatic heterocycles. The highest BCUT2D eigenvalue weighted by molar-refractivity contribution is 5.83. The van der Waals surface area contributed by atoms with Crippen LogP contribution in [0.4, 0.5) is 0 Å². The van der Waals surface area contributed by atoms with Gasteiger partial charge in [-0.25, -0.2) is 0 Å². The van der Waals surface area contributed by atoms with Crippen molar-refractivity contribution in [2.24, 2.45) is 5.92 Å². The number of hydrogen-bond donors (Lipinski definition) is 1. The molecule has 114 valence electrons. The Hall–Kier alpha value is -1.87. The summed E-state index contributed by atoms with van der Waals surface area (Å²) in [5.74, 6) is -0.795. The number of nitrogens with zero attached hydrogens (tertiary/aromatic N) is 1. The van der Waals surface area contributed by atoms with Gasteiger partial charge < -0.3 is 5.11 Å². The third-order valence-corrected chi connectivity index (χ3v) is 5.76. The highest BCUT2D eigenvalue weighted by atomic mass is 16.4. The van der Waals surface area contributed by atoms with E-state index in [2.05, 4.69) is 42.3 Å². The molecule has 1 N–H and O–H groups in total. The van der Waals surface area contributed by atoms with Crippen LogP contribution in [0.3, 0.4) is 0 Å². The maximum atomic E-state index is 11.9. The zero-order valence-electron chi connectivity index (χ0n) is 12.8. The Balaban J connectivity index is 1.77. The summed E-state index contributed by atoms with van der Waals surface area (Å²) in [6.07, 6.45) is 3.11. The summed E-state index contributed by atoms with van der Waals surface area (Å²) in [6.45, 7) is 0. The number of aliphatic carboxylic acids is 1. The van der Waals surface area contributed by atoms with Crippen molar-refractivity contribution in [3.8, 4) is 0 Å². The minimum atomic E-state index is -0.643. The van der Waals surface area contributed by atoms with Crippen molar-refractivity contribution in [3.63, 3.8) is 0 Å². The van der Waals surface area contributed by atoms with Crippen molar-refractivity contribution in [2.45, 2.75) is 37.3 Å². The molecular weight excluding hydrogens is 274 g/mol. The molecule has 0 amide bonds. The molecule has 0 spiro atoms. The fourth-order valence-electron chi connectivity index (χ4n) is 4.58. The minimum absolute atomic E-state index is 0.135. The first kappa shape index (κ1) is 13.8. The van der Waals surface area contributed by atoms with Gasteiger partial charge in [0.1, 0.15) is 0 Å². The van der Waals surface area contributed by atoms with Gasteiger partial charge in [0.15, 0.2) is 0 Å². The lowest BCUT2D eigenvalue weighted by Crippen LogP contribution is -2.48. The monoisotopic (exact) mass is 295 g/mol. The van der Waals surface area contributed by atoms with Gasteiger partial charge >= 0.3 is 5.97 Å². The summed E-state index contributed by atoms with van der Waals surface area (Å²) < 4.78 is 0. The molecule has 2 heterocycles. The van der Waals surface area contributed by atoms with Crippen LogP contribution in [-0.4, -0.2) is 35.1 Å². The molecule has 2 aromatic carbocycles. The van der Waals surface area contributed by atoms with Crippen molar-refractivity contribution >= 4 is 16.7 Å². The van der Waals surface area contributed by atoms with E-state index in [-0.39, 0.29) is 17.9 Å².